The van der Waals surface area contributed by atoms with Crippen LogP contribution in [0.4, 0.5) is 0 Å². The third-order valence-electron chi connectivity index (χ3n) is 3.68. The number of hydrogen-bond acceptors (Lipinski definition) is 3. The van der Waals surface area contributed by atoms with Crippen molar-refractivity contribution in [1.82, 2.24) is 4.90 Å². The van der Waals surface area contributed by atoms with E-state index in [9.17, 15) is 9.90 Å². The number of halogens is 1. The Bertz CT molecular complexity index is 475. The molecule has 1 aromatic carbocycles. The van der Waals surface area contributed by atoms with Gasteiger partial charge in [0.05, 0.1) is 16.4 Å². The summed E-state index contributed by atoms with van der Waals surface area (Å²) in [6, 6.07) is 7.50. The van der Waals surface area contributed by atoms with E-state index in [-0.39, 0.29) is 5.91 Å². The van der Waals surface area contributed by atoms with E-state index in [1.165, 1.54) is 11.8 Å². The van der Waals surface area contributed by atoms with Crippen LogP contribution in [0.3, 0.4) is 0 Å². The van der Waals surface area contributed by atoms with Crippen LogP contribution in [0, 0.1) is 0 Å². The first-order valence-corrected chi connectivity index (χ1v) is 8.20. The van der Waals surface area contributed by atoms with E-state index in [1.807, 2.05) is 24.3 Å². The van der Waals surface area contributed by atoms with Gasteiger partial charge in [-0.3, -0.25) is 4.79 Å². The highest BCUT2D eigenvalue weighted by Gasteiger charge is 2.33. The molecule has 0 bridgehead atoms. The van der Waals surface area contributed by atoms with Crippen molar-refractivity contribution in [1.29, 1.82) is 0 Å². The van der Waals surface area contributed by atoms with Crippen molar-refractivity contribution in [3.63, 3.8) is 0 Å². The van der Waals surface area contributed by atoms with E-state index in [0.717, 1.165) is 30.6 Å². The van der Waals surface area contributed by atoms with Crippen LogP contribution in [0.1, 0.15) is 25.7 Å². The number of amides is 1. The van der Waals surface area contributed by atoms with Gasteiger partial charge in [-0.1, -0.05) is 36.6 Å². The standard InChI is InChI=1S/C15H20ClNO2S/c1-17(11-15(19)8-4-5-9-15)14(18)10-20-13-7-3-2-6-12(13)16/h2-3,6-7,19H,4-5,8-11H2,1H3. The van der Waals surface area contributed by atoms with Crippen molar-refractivity contribution >= 4 is 29.3 Å². The van der Waals surface area contributed by atoms with Gasteiger partial charge in [0, 0.05) is 18.5 Å². The van der Waals surface area contributed by atoms with Gasteiger partial charge in [-0.2, -0.15) is 0 Å². The molecule has 0 spiro atoms. The molecule has 1 fully saturated rings. The van der Waals surface area contributed by atoms with E-state index >= 15 is 0 Å². The van der Waals surface area contributed by atoms with E-state index in [4.69, 9.17) is 11.6 Å². The van der Waals surface area contributed by atoms with Crippen LogP contribution < -0.4 is 0 Å². The van der Waals surface area contributed by atoms with Gasteiger partial charge < -0.3 is 10.0 Å². The maximum atomic E-state index is 12.1. The van der Waals surface area contributed by atoms with Crippen LogP contribution >= 0.6 is 23.4 Å². The predicted octanol–water partition coefficient (Wildman–Crippen LogP) is 3.20. The zero-order chi connectivity index (χ0) is 14.6. The average molecular weight is 314 g/mol. The van der Waals surface area contributed by atoms with Gasteiger partial charge in [-0.15, -0.1) is 11.8 Å². The minimum atomic E-state index is -0.681. The Morgan fingerprint density at radius 3 is 2.70 bits per heavy atom. The molecule has 1 aliphatic rings. The predicted molar refractivity (Wildman–Crippen MR) is 83.2 cm³/mol. The fourth-order valence-electron chi connectivity index (χ4n) is 2.53. The molecule has 1 N–H and O–H groups in total. The lowest BCUT2D eigenvalue weighted by atomic mass is 10.0. The zero-order valence-corrected chi connectivity index (χ0v) is 13.2. The molecule has 20 heavy (non-hydrogen) atoms. The Kier molecular flexibility index (Phi) is 5.35. The molecule has 0 aromatic heterocycles. The smallest absolute Gasteiger partial charge is 0.232 e. The van der Waals surface area contributed by atoms with Gasteiger partial charge in [-0.25, -0.2) is 0 Å². The Hall–Kier alpha value is -0.710. The highest BCUT2D eigenvalue weighted by atomic mass is 35.5. The molecule has 1 saturated carbocycles. The largest absolute Gasteiger partial charge is 0.388 e. The summed E-state index contributed by atoms with van der Waals surface area (Å²) < 4.78 is 0. The van der Waals surface area contributed by atoms with Gasteiger partial charge in [-0.05, 0) is 25.0 Å². The lowest BCUT2D eigenvalue weighted by Crippen LogP contribution is -2.42. The Balaban J connectivity index is 1.84. The normalized spacial score (nSPS) is 17.1. The number of carbonyl (C=O) groups excluding carboxylic acids is 1. The van der Waals surface area contributed by atoms with Crippen molar-refractivity contribution in [2.45, 2.75) is 36.2 Å². The summed E-state index contributed by atoms with van der Waals surface area (Å²) in [4.78, 5) is 14.7. The van der Waals surface area contributed by atoms with Gasteiger partial charge >= 0.3 is 0 Å². The monoisotopic (exact) mass is 313 g/mol. The SMILES string of the molecule is CN(CC1(O)CCCC1)C(=O)CSc1ccccc1Cl. The fourth-order valence-corrected chi connectivity index (χ4v) is 3.71. The molecule has 0 aliphatic heterocycles. The molecule has 3 nitrogen and oxygen atoms in total. The summed E-state index contributed by atoms with van der Waals surface area (Å²) in [5.41, 5.74) is -0.681. The van der Waals surface area contributed by atoms with Gasteiger partial charge in [0.2, 0.25) is 5.91 Å². The molecule has 0 radical (unpaired) electrons. The molecule has 0 unspecified atom stereocenters. The van der Waals surface area contributed by atoms with Crippen LogP contribution in [0.5, 0.6) is 0 Å². The van der Waals surface area contributed by atoms with Crippen LogP contribution in [0.2, 0.25) is 5.02 Å². The number of hydrogen-bond donors (Lipinski definition) is 1. The molecule has 0 heterocycles. The van der Waals surface area contributed by atoms with Crippen LogP contribution in [0.25, 0.3) is 0 Å². The quantitative estimate of drug-likeness (QED) is 0.849. The summed E-state index contributed by atoms with van der Waals surface area (Å²) in [5.74, 6) is 0.367. The molecule has 5 heteroatoms. The van der Waals surface area contributed by atoms with E-state index in [1.54, 1.807) is 11.9 Å². The molecule has 110 valence electrons. The topological polar surface area (TPSA) is 40.5 Å². The van der Waals surface area contributed by atoms with Crippen LogP contribution in [-0.2, 0) is 4.79 Å². The number of thioether (sulfide) groups is 1. The molecule has 1 amide bonds. The summed E-state index contributed by atoms with van der Waals surface area (Å²) in [6.07, 6.45) is 3.68. The second-order valence-electron chi connectivity index (χ2n) is 5.40. The number of likely N-dealkylation sites (N-methyl/N-ethyl adjacent to an activating group) is 1. The highest BCUT2D eigenvalue weighted by molar-refractivity contribution is 8.00. The molecular formula is C15H20ClNO2S. The molecule has 0 saturated heterocycles. The fraction of sp³-hybridized carbons (Fsp3) is 0.533. The molecule has 1 aliphatic carbocycles. The number of rotatable bonds is 5. The van der Waals surface area contributed by atoms with Gasteiger partial charge in [0.15, 0.2) is 0 Å². The summed E-state index contributed by atoms with van der Waals surface area (Å²) >= 11 is 7.50. The lowest BCUT2D eigenvalue weighted by Gasteiger charge is -2.28. The van der Waals surface area contributed by atoms with Gasteiger partial charge in [0.1, 0.15) is 0 Å². The van der Waals surface area contributed by atoms with Crippen LogP contribution in [0.15, 0.2) is 29.2 Å². The Morgan fingerprint density at radius 2 is 2.05 bits per heavy atom. The van der Waals surface area contributed by atoms with Crippen molar-refractivity contribution in [2.24, 2.45) is 0 Å². The van der Waals surface area contributed by atoms with E-state index in [2.05, 4.69) is 0 Å². The summed E-state index contributed by atoms with van der Waals surface area (Å²) in [7, 11) is 1.76. The highest BCUT2D eigenvalue weighted by Crippen LogP contribution is 2.30. The molecule has 0 atom stereocenters. The van der Waals surface area contributed by atoms with E-state index in [0.29, 0.717) is 17.3 Å². The number of benzene rings is 1. The first kappa shape index (κ1) is 15.7. The maximum absolute atomic E-state index is 12.1. The average Bonchev–Trinajstić information content (AvgIpc) is 2.84. The summed E-state index contributed by atoms with van der Waals surface area (Å²) in [5, 5.41) is 11.0. The lowest BCUT2D eigenvalue weighted by molar-refractivity contribution is -0.130. The minimum absolute atomic E-state index is 0.0234. The zero-order valence-electron chi connectivity index (χ0n) is 11.6. The van der Waals surface area contributed by atoms with E-state index < -0.39 is 5.60 Å². The van der Waals surface area contributed by atoms with Crippen LogP contribution in [-0.4, -0.2) is 40.9 Å². The van der Waals surface area contributed by atoms with Crippen molar-refractivity contribution in [3.8, 4) is 0 Å². The molecular weight excluding hydrogens is 294 g/mol. The first-order valence-electron chi connectivity index (χ1n) is 6.84. The van der Waals surface area contributed by atoms with Crippen molar-refractivity contribution < 1.29 is 9.90 Å². The second kappa shape index (κ2) is 6.83. The van der Waals surface area contributed by atoms with Crippen molar-refractivity contribution in [3.05, 3.63) is 29.3 Å². The molecule has 1 aromatic rings. The maximum Gasteiger partial charge on any atom is 0.232 e. The first-order chi connectivity index (χ1) is 9.50. The molecule has 2 rings (SSSR count). The van der Waals surface area contributed by atoms with Gasteiger partial charge in [0.25, 0.3) is 0 Å². The summed E-state index contributed by atoms with van der Waals surface area (Å²) in [6.45, 7) is 0.426. The third-order valence-corrected chi connectivity index (χ3v) is 5.18. The third kappa shape index (κ3) is 4.14. The number of carbonyl (C=O) groups is 1. The number of nitrogens with zero attached hydrogens (tertiary/aromatic N) is 1. The minimum Gasteiger partial charge on any atom is -0.388 e. The number of aliphatic hydroxyl groups is 1. The second-order valence-corrected chi connectivity index (χ2v) is 6.82. The Labute approximate surface area is 129 Å². The van der Waals surface area contributed by atoms with Crippen molar-refractivity contribution in [2.75, 3.05) is 19.3 Å². The Morgan fingerprint density at radius 1 is 1.40 bits per heavy atom.